The van der Waals surface area contributed by atoms with E-state index < -0.39 is 6.10 Å². The molecule has 0 aliphatic rings. The molecular formula is C5H12N2O3. The molecule has 60 valence electrons. The first-order chi connectivity index (χ1) is 4.72. The number of rotatable bonds is 4. The Morgan fingerprint density at radius 1 is 1.80 bits per heavy atom. The lowest BCUT2D eigenvalue weighted by molar-refractivity contribution is 0.0711. The first-order valence-corrected chi connectivity index (χ1v) is 2.92. The van der Waals surface area contributed by atoms with Gasteiger partial charge in [-0.2, -0.15) is 0 Å². The van der Waals surface area contributed by atoms with E-state index in [4.69, 9.17) is 20.8 Å². The second-order valence-electron chi connectivity index (χ2n) is 1.76. The van der Waals surface area contributed by atoms with Crippen molar-refractivity contribution in [1.82, 2.24) is 0 Å². The van der Waals surface area contributed by atoms with E-state index in [1.165, 1.54) is 0 Å². The average Bonchev–Trinajstić information content (AvgIpc) is 1.98. The van der Waals surface area contributed by atoms with Crippen LogP contribution in [0.4, 0.5) is 0 Å². The maximum atomic E-state index is 8.30. The topological polar surface area (TPSA) is 88.1 Å². The van der Waals surface area contributed by atoms with Crippen molar-refractivity contribution in [1.29, 1.82) is 0 Å². The second-order valence-corrected chi connectivity index (χ2v) is 1.76. The lowest BCUT2D eigenvalue weighted by Crippen LogP contribution is -2.29. The molecule has 0 radical (unpaired) electrons. The fourth-order valence-corrected chi connectivity index (χ4v) is 0.396. The van der Waals surface area contributed by atoms with Gasteiger partial charge in [-0.1, -0.05) is 5.16 Å². The number of nitrogens with zero attached hydrogens (tertiary/aromatic N) is 1. The van der Waals surface area contributed by atoms with Gasteiger partial charge in [0.1, 0.15) is 6.10 Å². The molecule has 0 amide bonds. The molecule has 0 aromatic heterocycles. The SMILES string of the molecule is CC(OCCO)/C(N)=N/O. The van der Waals surface area contributed by atoms with Crippen molar-refractivity contribution >= 4 is 5.84 Å². The van der Waals surface area contributed by atoms with E-state index in [0.29, 0.717) is 0 Å². The smallest absolute Gasteiger partial charge is 0.168 e. The van der Waals surface area contributed by atoms with E-state index in [2.05, 4.69) is 5.16 Å². The molecule has 0 aliphatic heterocycles. The van der Waals surface area contributed by atoms with Gasteiger partial charge in [0.15, 0.2) is 5.84 Å². The summed E-state index contributed by atoms with van der Waals surface area (Å²) in [6.45, 7) is 1.76. The highest BCUT2D eigenvalue weighted by molar-refractivity contribution is 5.83. The molecule has 0 spiro atoms. The molecule has 0 aromatic rings. The molecular weight excluding hydrogens is 136 g/mol. The minimum absolute atomic E-state index is 0.00782. The summed E-state index contributed by atoms with van der Waals surface area (Å²) in [6, 6.07) is 0. The molecule has 0 aromatic carbocycles. The van der Waals surface area contributed by atoms with Crippen molar-refractivity contribution in [2.75, 3.05) is 13.2 Å². The van der Waals surface area contributed by atoms with Crippen LogP contribution in [-0.2, 0) is 4.74 Å². The van der Waals surface area contributed by atoms with Crippen LogP contribution in [0.25, 0.3) is 0 Å². The summed E-state index contributed by atoms with van der Waals surface area (Å²) in [7, 11) is 0. The third-order valence-electron chi connectivity index (χ3n) is 0.991. The molecule has 1 unspecified atom stereocenters. The standard InChI is InChI=1S/C5H12N2O3/c1-4(5(6)7-9)10-3-2-8/h4,8-9H,2-3H2,1H3,(H2,6,7). The second kappa shape index (κ2) is 5.01. The number of nitrogens with two attached hydrogens (primary N) is 1. The third kappa shape index (κ3) is 3.26. The van der Waals surface area contributed by atoms with Gasteiger partial charge in [-0.05, 0) is 6.92 Å². The predicted molar refractivity (Wildman–Crippen MR) is 35.9 cm³/mol. The summed E-state index contributed by atoms with van der Waals surface area (Å²) >= 11 is 0. The number of ether oxygens (including phenoxy) is 1. The first-order valence-electron chi connectivity index (χ1n) is 2.92. The minimum atomic E-state index is -0.447. The molecule has 0 saturated heterocycles. The van der Waals surface area contributed by atoms with Gasteiger partial charge in [0, 0.05) is 0 Å². The Morgan fingerprint density at radius 3 is 2.80 bits per heavy atom. The van der Waals surface area contributed by atoms with E-state index in [1.807, 2.05) is 0 Å². The molecule has 0 rings (SSSR count). The van der Waals surface area contributed by atoms with Crippen LogP contribution in [0.2, 0.25) is 0 Å². The molecule has 5 nitrogen and oxygen atoms in total. The molecule has 1 atom stereocenters. The van der Waals surface area contributed by atoms with Crippen LogP contribution in [-0.4, -0.2) is 35.5 Å². The van der Waals surface area contributed by atoms with Gasteiger partial charge in [0.2, 0.25) is 0 Å². The van der Waals surface area contributed by atoms with Gasteiger partial charge in [0.25, 0.3) is 0 Å². The molecule has 0 saturated carbocycles. The minimum Gasteiger partial charge on any atom is -0.409 e. The van der Waals surface area contributed by atoms with Crippen LogP contribution in [0, 0.1) is 0 Å². The number of aliphatic hydroxyl groups excluding tert-OH is 1. The van der Waals surface area contributed by atoms with E-state index in [1.54, 1.807) is 6.92 Å². The van der Waals surface area contributed by atoms with Crippen LogP contribution >= 0.6 is 0 Å². The van der Waals surface area contributed by atoms with E-state index in [9.17, 15) is 0 Å². The Labute approximate surface area is 59.1 Å². The van der Waals surface area contributed by atoms with Gasteiger partial charge in [-0.3, -0.25) is 0 Å². The van der Waals surface area contributed by atoms with Crippen LogP contribution in [0.5, 0.6) is 0 Å². The highest BCUT2D eigenvalue weighted by Crippen LogP contribution is 1.88. The summed E-state index contributed by atoms with van der Waals surface area (Å²) < 4.78 is 4.88. The maximum Gasteiger partial charge on any atom is 0.168 e. The zero-order valence-corrected chi connectivity index (χ0v) is 5.82. The zero-order valence-electron chi connectivity index (χ0n) is 5.82. The Bertz CT molecular complexity index is 115. The van der Waals surface area contributed by atoms with Gasteiger partial charge in [-0.25, -0.2) is 0 Å². The third-order valence-corrected chi connectivity index (χ3v) is 0.991. The summed E-state index contributed by atoms with van der Waals surface area (Å²) in [4.78, 5) is 0. The Morgan fingerprint density at radius 2 is 2.40 bits per heavy atom. The van der Waals surface area contributed by atoms with Gasteiger partial charge >= 0.3 is 0 Å². The van der Waals surface area contributed by atoms with Crippen molar-refractivity contribution < 1.29 is 15.1 Å². The maximum absolute atomic E-state index is 8.30. The molecule has 0 fully saturated rings. The Balaban J connectivity index is 3.51. The largest absolute Gasteiger partial charge is 0.409 e. The fraction of sp³-hybridized carbons (Fsp3) is 0.800. The Kier molecular flexibility index (Phi) is 4.61. The summed E-state index contributed by atoms with van der Waals surface area (Å²) in [5.74, 6) is 0.00782. The van der Waals surface area contributed by atoms with Crippen molar-refractivity contribution in [3.63, 3.8) is 0 Å². The van der Waals surface area contributed by atoms with E-state index >= 15 is 0 Å². The van der Waals surface area contributed by atoms with Gasteiger partial charge in [-0.15, -0.1) is 0 Å². The lowest BCUT2D eigenvalue weighted by atomic mass is 10.4. The van der Waals surface area contributed by atoms with Gasteiger partial charge < -0.3 is 20.8 Å². The molecule has 5 heteroatoms. The number of hydrogen-bond acceptors (Lipinski definition) is 4. The fourth-order valence-electron chi connectivity index (χ4n) is 0.396. The lowest BCUT2D eigenvalue weighted by Gasteiger charge is -2.08. The van der Waals surface area contributed by atoms with Crippen molar-refractivity contribution in [3.8, 4) is 0 Å². The van der Waals surface area contributed by atoms with Crippen molar-refractivity contribution in [2.45, 2.75) is 13.0 Å². The monoisotopic (exact) mass is 148 g/mol. The van der Waals surface area contributed by atoms with Crippen molar-refractivity contribution in [2.24, 2.45) is 10.9 Å². The highest BCUT2D eigenvalue weighted by Gasteiger charge is 2.05. The molecule has 10 heavy (non-hydrogen) atoms. The number of hydrogen-bond donors (Lipinski definition) is 3. The molecule has 0 bridgehead atoms. The first kappa shape index (κ1) is 9.19. The quantitative estimate of drug-likeness (QED) is 0.209. The number of oxime groups is 1. The van der Waals surface area contributed by atoms with Crippen LogP contribution in [0.1, 0.15) is 6.92 Å². The Hall–Kier alpha value is -0.810. The average molecular weight is 148 g/mol. The highest BCUT2D eigenvalue weighted by atomic mass is 16.5. The molecule has 4 N–H and O–H groups in total. The zero-order chi connectivity index (χ0) is 7.98. The number of amidine groups is 1. The summed E-state index contributed by atoms with van der Waals surface area (Å²) in [6.07, 6.45) is -0.447. The molecule has 0 aliphatic carbocycles. The van der Waals surface area contributed by atoms with Crippen LogP contribution in [0.15, 0.2) is 5.16 Å². The van der Waals surface area contributed by atoms with E-state index in [-0.39, 0.29) is 19.0 Å². The van der Waals surface area contributed by atoms with Crippen LogP contribution < -0.4 is 5.73 Å². The van der Waals surface area contributed by atoms with E-state index in [0.717, 1.165) is 0 Å². The summed E-state index contributed by atoms with van der Waals surface area (Å²) in [5, 5.41) is 19.2. The molecule has 0 heterocycles. The van der Waals surface area contributed by atoms with Crippen molar-refractivity contribution in [3.05, 3.63) is 0 Å². The summed E-state index contributed by atoms with van der Waals surface area (Å²) in [5.41, 5.74) is 5.15. The van der Waals surface area contributed by atoms with Gasteiger partial charge in [0.05, 0.1) is 13.2 Å². The van der Waals surface area contributed by atoms with Crippen LogP contribution in [0.3, 0.4) is 0 Å². The predicted octanol–water partition coefficient (Wildman–Crippen LogP) is -0.870. The number of aliphatic hydroxyl groups is 1. The normalized spacial score (nSPS) is 15.2.